The van der Waals surface area contributed by atoms with Crippen molar-refractivity contribution >= 4 is 29.2 Å². The average Bonchev–Trinajstić information content (AvgIpc) is 3.63. The molecule has 2 unspecified atom stereocenters. The van der Waals surface area contributed by atoms with Crippen LogP contribution in [-0.4, -0.2) is 45.7 Å². The van der Waals surface area contributed by atoms with Crippen molar-refractivity contribution in [2.45, 2.75) is 37.9 Å². The normalized spacial score (nSPS) is 19.9. The fraction of sp³-hybridized carbons (Fsp3) is 0.233. The second-order valence-corrected chi connectivity index (χ2v) is 9.99. The number of carbonyl (C=O) groups is 1. The Morgan fingerprint density at radius 2 is 1.59 bits per heavy atom. The maximum absolute atomic E-state index is 13.7. The SMILES string of the molecule is CN1C(=O)c2c(nn(Cc3ccc(-c4ccccc4)cc3)c2Nc2ccccc2)N2C1=NC1CCCC12. The highest BCUT2D eigenvalue weighted by atomic mass is 16.2. The van der Waals surface area contributed by atoms with Gasteiger partial charge in [-0.05, 0) is 48.1 Å². The van der Waals surface area contributed by atoms with Crippen LogP contribution in [0, 0.1) is 0 Å². The van der Waals surface area contributed by atoms with Gasteiger partial charge in [-0.2, -0.15) is 5.10 Å². The highest BCUT2D eigenvalue weighted by molar-refractivity contribution is 6.21. The first-order valence-electron chi connectivity index (χ1n) is 12.9. The average molecular weight is 489 g/mol. The Kier molecular flexibility index (Phi) is 5.09. The van der Waals surface area contributed by atoms with E-state index in [0.717, 1.165) is 42.3 Å². The van der Waals surface area contributed by atoms with Crippen molar-refractivity contribution in [1.29, 1.82) is 0 Å². The van der Waals surface area contributed by atoms with Crippen LogP contribution in [0.5, 0.6) is 0 Å². The third-order valence-corrected chi connectivity index (χ3v) is 7.68. The molecule has 1 fully saturated rings. The molecule has 7 rings (SSSR count). The van der Waals surface area contributed by atoms with Crippen LogP contribution < -0.4 is 10.2 Å². The molecule has 7 heteroatoms. The maximum atomic E-state index is 13.7. The number of carbonyl (C=O) groups excluding carboxylic acids is 1. The van der Waals surface area contributed by atoms with Gasteiger partial charge < -0.3 is 5.32 Å². The quantitative estimate of drug-likeness (QED) is 0.402. The Morgan fingerprint density at radius 1 is 0.892 bits per heavy atom. The van der Waals surface area contributed by atoms with Gasteiger partial charge in [-0.3, -0.25) is 14.6 Å². The van der Waals surface area contributed by atoms with Gasteiger partial charge in [-0.1, -0.05) is 72.8 Å². The smallest absolute Gasteiger partial charge is 0.267 e. The van der Waals surface area contributed by atoms with E-state index >= 15 is 0 Å². The van der Waals surface area contributed by atoms with Crippen molar-refractivity contribution in [3.63, 3.8) is 0 Å². The van der Waals surface area contributed by atoms with Crippen LogP contribution in [0.2, 0.25) is 0 Å². The van der Waals surface area contributed by atoms with Crippen LogP contribution in [0.4, 0.5) is 17.3 Å². The van der Waals surface area contributed by atoms with Gasteiger partial charge >= 0.3 is 0 Å². The fourth-order valence-electron chi connectivity index (χ4n) is 5.81. The van der Waals surface area contributed by atoms with Gasteiger partial charge in [-0.15, -0.1) is 0 Å². The summed E-state index contributed by atoms with van der Waals surface area (Å²) in [6, 6.07) is 29.4. The molecule has 3 aliphatic rings. The zero-order valence-corrected chi connectivity index (χ0v) is 20.7. The Balaban J connectivity index is 1.30. The number of hydrogen-bond donors (Lipinski definition) is 1. The van der Waals surface area contributed by atoms with E-state index in [2.05, 4.69) is 58.7 Å². The predicted octanol–water partition coefficient (Wildman–Crippen LogP) is 5.52. The van der Waals surface area contributed by atoms with E-state index in [-0.39, 0.29) is 18.0 Å². The van der Waals surface area contributed by atoms with E-state index in [1.807, 2.05) is 48.1 Å². The van der Waals surface area contributed by atoms with E-state index in [9.17, 15) is 4.79 Å². The lowest BCUT2D eigenvalue weighted by molar-refractivity contribution is 0.0866. The van der Waals surface area contributed by atoms with Crippen molar-refractivity contribution in [2.75, 3.05) is 17.3 Å². The number of aromatic nitrogens is 2. The second kappa shape index (κ2) is 8.62. The van der Waals surface area contributed by atoms with Crippen LogP contribution in [0.1, 0.15) is 35.2 Å². The summed E-state index contributed by atoms with van der Waals surface area (Å²) >= 11 is 0. The van der Waals surface area contributed by atoms with Crippen molar-refractivity contribution in [3.8, 4) is 11.1 Å². The number of guanidine groups is 1. The van der Waals surface area contributed by atoms with Crippen molar-refractivity contribution in [1.82, 2.24) is 14.7 Å². The molecule has 0 saturated heterocycles. The molecule has 2 atom stereocenters. The molecule has 1 N–H and O–H groups in total. The maximum Gasteiger partial charge on any atom is 0.267 e. The molecule has 3 heterocycles. The van der Waals surface area contributed by atoms with E-state index in [0.29, 0.717) is 17.9 Å². The van der Waals surface area contributed by atoms with E-state index in [4.69, 9.17) is 10.1 Å². The number of nitrogens with zero attached hydrogens (tertiary/aromatic N) is 5. The molecule has 1 saturated carbocycles. The van der Waals surface area contributed by atoms with Gasteiger partial charge in [0, 0.05) is 12.7 Å². The number of aliphatic imine (C=N–C) groups is 1. The molecule has 184 valence electrons. The van der Waals surface area contributed by atoms with Gasteiger partial charge in [0.05, 0.1) is 18.6 Å². The molecule has 1 aliphatic carbocycles. The van der Waals surface area contributed by atoms with Crippen LogP contribution in [0.15, 0.2) is 89.9 Å². The van der Waals surface area contributed by atoms with Crippen molar-refractivity contribution in [2.24, 2.45) is 4.99 Å². The largest absolute Gasteiger partial charge is 0.340 e. The van der Waals surface area contributed by atoms with E-state index in [1.54, 1.807) is 4.90 Å². The van der Waals surface area contributed by atoms with Crippen LogP contribution in [0.25, 0.3) is 11.1 Å². The lowest BCUT2D eigenvalue weighted by Crippen LogP contribution is -2.51. The molecular weight excluding hydrogens is 460 g/mol. The number of para-hydroxylation sites is 1. The molecule has 37 heavy (non-hydrogen) atoms. The number of hydrogen-bond acceptors (Lipinski definition) is 5. The molecule has 0 radical (unpaired) electrons. The molecular formula is C30H28N6O. The number of fused-ring (bicyclic) bond motifs is 5. The lowest BCUT2D eigenvalue weighted by Gasteiger charge is -2.34. The molecule has 4 aromatic rings. The van der Waals surface area contributed by atoms with Gasteiger partial charge in [0.1, 0.15) is 11.4 Å². The first-order valence-corrected chi connectivity index (χ1v) is 12.9. The highest BCUT2D eigenvalue weighted by Gasteiger charge is 2.49. The molecule has 3 aromatic carbocycles. The van der Waals surface area contributed by atoms with Crippen molar-refractivity contribution < 1.29 is 4.79 Å². The zero-order valence-electron chi connectivity index (χ0n) is 20.7. The third kappa shape index (κ3) is 3.61. The van der Waals surface area contributed by atoms with Gasteiger partial charge in [-0.25, -0.2) is 9.67 Å². The summed E-state index contributed by atoms with van der Waals surface area (Å²) in [4.78, 5) is 22.5. The monoisotopic (exact) mass is 488 g/mol. The third-order valence-electron chi connectivity index (χ3n) is 7.68. The summed E-state index contributed by atoms with van der Waals surface area (Å²) in [6.45, 7) is 0.544. The minimum absolute atomic E-state index is 0.0749. The Hall–Kier alpha value is -4.39. The molecule has 1 amide bonds. The standard InChI is InChI=1S/C30H28N6O/c1-34-29(37)26-27(31-23-11-6-3-7-12-23)35(33-28(26)36-25-14-8-13-24(25)32-30(34)36)19-20-15-17-22(18-16-20)21-9-4-2-5-10-21/h2-7,9-12,15-18,24-25,31H,8,13-14,19H2,1H3. The highest BCUT2D eigenvalue weighted by Crippen LogP contribution is 2.43. The number of anilines is 3. The Morgan fingerprint density at radius 3 is 2.35 bits per heavy atom. The van der Waals surface area contributed by atoms with Crippen molar-refractivity contribution in [3.05, 3.63) is 96.1 Å². The van der Waals surface area contributed by atoms with Gasteiger partial charge in [0.25, 0.3) is 5.91 Å². The summed E-state index contributed by atoms with van der Waals surface area (Å²) in [5, 5.41) is 8.58. The summed E-state index contributed by atoms with van der Waals surface area (Å²) < 4.78 is 1.94. The van der Waals surface area contributed by atoms with Gasteiger partial charge in [0.15, 0.2) is 5.82 Å². The predicted molar refractivity (Wildman–Crippen MR) is 146 cm³/mol. The minimum Gasteiger partial charge on any atom is -0.340 e. The van der Waals surface area contributed by atoms with Crippen LogP contribution >= 0.6 is 0 Å². The fourth-order valence-corrected chi connectivity index (χ4v) is 5.81. The Bertz CT molecular complexity index is 1490. The topological polar surface area (TPSA) is 65.8 Å². The molecule has 2 aliphatic heterocycles. The van der Waals surface area contributed by atoms with Gasteiger partial charge in [0.2, 0.25) is 5.96 Å². The van der Waals surface area contributed by atoms with E-state index in [1.165, 1.54) is 11.1 Å². The first-order chi connectivity index (χ1) is 18.2. The minimum atomic E-state index is -0.0749. The molecule has 0 spiro atoms. The number of rotatable bonds is 5. The second-order valence-electron chi connectivity index (χ2n) is 9.99. The summed E-state index contributed by atoms with van der Waals surface area (Å²) in [5.41, 5.74) is 5.01. The molecule has 1 aromatic heterocycles. The zero-order chi connectivity index (χ0) is 24.9. The van der Waals surface area contributed by atoms with Crippen LogP contribution in [0.3, 0.4) is 0 Å². The number of nitrogens with one attached hydrogen (secondary N) is 1. The first kappa shape index (κ1) is 21.9. The summed E-state index contributed by atoms with van der Waals surface area (Å²) in [5.74, 6) is 2.09. The number of amides is 1. The number of benzene rings is 3. The lowest BCUT2D eigenvalue weighted by atomic mass is 10.0. The summed E-state index contributed by atoms with van der Waals surface area (Å²) in [7, 11) is 1.82. The molecule has 7 nitrogen and oxygen atoms in total. The van der Waals surface area contributed by atoms with E-state index < -0.39 is 0 Å². The Labute approximate surface area is 216 Å². The molecule has 0 bridgehead atoms. The van der Waals surface area contributed by atoms with Crippen LogP contribution in [-0.2, 0) is 6.54 Å². The summed E-state index contributed by atoms with van der Waals surface area (Å²) in [6.07, 6.45) is 3.28.